The lowest BCUT2D eigenvalue weighted by atomic mass is 10.1. The SMILES string of the molecule is COc1cc(N)ncc1N1CCN(C(=O)O)C2(CC2)C1. The second-order valence-electron chi connectivity index (χ2n) is 5.36. The van der Waals surface area contributed by atoms with Crippen LogP contribution in [0.4, 0.5) is 16.3 Å². The molecule has 1 saturated carbocycles. The fourth-order valence-electron chi connectivity index (χ4n) is 2.90. The summed E-state index contributed by atoms with van der Waals surface area (Å²) in [7, 11) is 1.60. The molecule has 3 N–H and O–H groups in total. The average molecular weight is 278 g/mol. The molecule has 108 valence electrons. The Bertz CT molecular complexity index is 544. The van der Waals surface area contributed by atoms with Crippen LogP contribution in [0.2, 0.25) is 0 Å². The van der Waals surface area contributed by atoms with Crippen molar-refractivity contribution in [3.63, 3.8) is 0 Å². The summed E-state index contributed by atoms with van der Waals surface area (Å²) in [6.45, 7) is 1.82. The molecule has 0 radical (unpaired) electrons. The lowest BCUT2D eigenvalue weighted by Gasteiger charge is -2.41. The van der Waals surface area contributed by atoms with Gasteiger partial charge in [0.25, 0.3) is 0 Å². The van der Waals surface area contributed by atoms with E-state index >= 15 is 0 Å². The van der Waals surface area contributed by atoms with Gasteiger partial charge in [0.2, 0.25) is 0 Å². The third-order valence-corrected chi connectivity index (χ3v) is 4.14. The normalized spacial score (nSPS) is 20.1. The van der Waals surface area contributed by atoms with Crippen molar-refractivity contribution in [3.8, 4) is 5.75 Å². The lowest BCUT2D eigenvalue weighted by molar-refractivity contribution is 0.110. The number of amides is 1. The maximum atomic E-state index is 11.3. The monoisotopic (exact) mass is 278 g/mol. The topological polar surface area (TPSA) is 91.9 Å². The smallest absolute Gasteiger partial charge is 0.407 e. The van der Waals surface area contributed by atoms with Crippen LogP contribution in [0.5, 0.6) is 5.75 Å². The predicted molar refractivity (Wildman–Crippen MR) is 74.1 cm³/mol. The zero-order chi connectivity index (χ0) is 14.3. The Kier molecular flexibility index (Phi) is 2.84. The van der Waals surface area contributed by atoms with Gasteiger partial charge in [-0.15, -0.1) is 0 Å². The molecule has 1 amide bonds. The van der Waals surface area contributed by atoms with E-state index in [4.69, 9.17) is 10.5 Å². The van der Waals surface area contributed by atoms with Gasteiger partial charge in [0.05, 0.1) is 24.5 Å². The molecule has 1 spiro atoms. The molecule has 2 heterocycles. The quantitative estimate of drug-likeness (QED) is 0.838. The van der Waals surface area contributed by atoms with Crippen molar-refractivity contribution >= 4 is 17.6 Å². The van der Waals surface area contributed by atoms with E-state index in [0.29, 0.717) is 31.2 Å². The van der Waals surface area contributed by atoms with Crippen molar-refractivity contribution in [1.82, 2.24) is 9.88 Å². The molecule has 7 nitrogen and oxygen atoms in total. The number of pyridine rings is 1. The maximum absolute atomic E-state index is 11.3. The number of carbonyl (C=O) groups is 1. The summed E-state index contributed by atoms with van der Waals surface area (Å²) >= 11 is 0. The van der Waals surface area contributed by atoms with Gasteiger partial charge >= 0.3 is 6.09 Å². The number of hydrogen-bond acceptors (Lipinski definition) is 5. The fraction of sp³-hybridized carbons (Fsp3) is 0.538. The third kappa shape index (κ3) is 1.99. The molecular weight excluding hydrogens is 260 g/mol. The van der Waals surface area contributed by atoms with E-state index in [1.165, 1.54) is 0 Å². The summed E-state index contributed by atoms with van der Waals surface area (Å²) in [5, 5.41) is 9.26. The molecule has 2 aliphatic rings. The minimum Gasteiger partial charge on any atom is -0.494 e. The third-order valence-electron chi connectivity index (χ3n) is 4.14. The second kappa shape index (κ2) is 4.43. The Balaban J connectivity index is 1.85. The number of hydrogen-bond donors (Lipinski definition) is 2. The fourth-order valence-corrected chi connectivity index (χ4v) is 2.90. The highest BCUT2D eigenvalue weighted by Crippen LogP contribution is 2.46. The Hall–Kier alpha value is -2.18. The first-order valence-electron chi connectivity index (χ1n) is 6.61. The van der Waals surface area contributed by atoms with Crippen LogP contribution in [0.1, 0.15) is 12.8 Å². The van der Waals surface area contributed by atoms with E-state index in [0.717, 1.165) is 18.5 Å². The molecule has 0 atom stereocenters. The molecule has 2 fully saturated rings. The maximum Gasteiger partial charge on any atom is 0.407 e. The first-order chi connectivity index (χ1) is 9.55. The average Bonchev–Trinajstić information content (AvgIpc) is 3.17. The van der Waals surface area contributed by atoms with Crippen LogP contribution in [0.3, 0.4) is 0 Å². The van der Waals surface area contributed by atoms with E-state index in [1.54, 1.807) is 24.3 Å². The highest BCUT2D eigenvalue weighted by Gasteiger charge is 2.53. The van der Waals surface area contributed by atoms with Crippen molar-refractivity contribution in [2.45, 2.75) is 18.4 Å². The van der Waals surface area contributed by atoms with Gasteiger partial charge in [0.15, 0.2) is 0 Å². The largest absolute Gasteiger partial charge is 0.494 e. The van der Waals surface area contributed by atoms with Crippen LogP contribution in [0.25, 0.3) is 0 Å². The van der Waals surface area contributed by atoms with Gasteiger partial charge in [-0.05, 0) is 12.8 Å². The second-order valence-corrected chi connectivity index (χ2v) is 5.36. The molecule has 0 bridgehead atoms. The summed E-state index contributed by atoms with van der Waals surface area (Å²) < 4.78 is 5.35. The van der Waals surface area contributed by atoms with Crippen molar-refractivity contribution < 1.29 is 14.6 Å². The van der Waals surface area contributed by atoms with E-state index in [9.17, 15) is 9.90 Å². The van der Waals surface area contributed by atoms with E-state index in [2.05, 4.69) is 9.88 Å². The Morgan fingerprint density at radius 2 is 2.25 bits per heavy atom. The van der Waals surface area contributed by atoms with Crippen molar-refractivity contribution in [2.24, 2.45) is 0 Å². The van der Waals surface area contributed by atoms with E-state index < -0.39 is 6.09 Å². The Morgan fingerprint density at radius 3 is 2.85 bits per heavy atom. The first kappa shape index (κ1) is 12.8. The van der Waals surface area contributed by atoms with Crippen LogP contribution < -0.4 is 15.4 Å². The zero-order valence-electron chi connectivity index (χ0n) is 11.4. The Labute approximate surface area is 116 Å². The number of aromatic nitrogens is 1. The number of anilines is 2. The van der Waals surface area contributed by atoms with Crippen molar-refractivity contribution in [2.75, 3.05) is 37.4 Å². The molecule has 3 rings (SSSR count). The van der Waals surface area contributed by atoms with Crippen molar-refractivity contribution in [3.05, 3.63) is 12.3 Å². The molecule has 0 unspecified atom stereocenters. The number of piperazine rings is 1. The molecule has 1 aliphatic heterocycles. The highest BCUT2D eigenvalue weighted by molar-refractivity contribution is 5.69. The van der Waals surface area contributed by atoms with Crippen molar-refractivity contribution in [1.29, 1.82) is 0 Å². The van der Waals surface area contributed by atoms with Gasteiger partial charge < -0.3 is 20.5 Å². The van der Waals surface area contributed by atoms with Crippen LogP contribution in [-0.2, 0) is 0 Å². The van der Waals surface area contributed by atoms with Crippen LogP contribution in [0, 0.1) is 0 Å². The molecule has 1 aliphatic carbocycles. The number of methoxy groups -OCH3 is 1. The van der Waals surface area contributed by atoms with Crippen LogP contribution >= 0.6 is 0 Å². The molecule has 20 heavy (non-hydrogen) atoms. The zero-order valence-corrected chi connectivity index (χ0v) is 11.4. The lowest BCUT2D eigenvalue weighted by Crippen LogP contribution is -2.56. The summed E-state index contributed by atoms with van der Waals surface area (Å²) in [5.41, 5.74) is 6.31. The number of rotatable bonds is 2. The van der Waals surface area contributed by atoms with Crippen LogP contribution in [0.15, 0.2) is 12.3 Å². The molecule has 1 aromatic rings. The van der Waals surface area contributed by atoms with Gasteiger partial charge in [-0.1, -0.05) is 0 Å². The van der Waals surface area contributed by atoms with Gasteiger partial charge in [0.1, 0.15) is 11.6 Å². The minimum absolute atomic E-state index is 0.226. The number of nitrogens with two attached hydrogens (primary N) is 1. The molecule has 1 aromatic heterocycles. The van der Waals surface area contributed by atoms with Gasteiger partial charge in [-0.2, -0.15) is 0 Å². The summed E-state index contributed by atoms with van der Waals surface area (Å²) in [4.78, 5) is 19.1. The summed E-state index contributed by atoms with van der Waals surface area (Å²) in [6, 6.07) is 1.69. The number of nitrogens with zero attached hydrogens (tertiary/aromatic N) is 3. The molecule has 0 aromatic carbocycles. The Morgan fingerprint density at radius 1 is 1.50 bits per heavy atom. The standard InChI is InChI=1S/C13H18N4O3/c1-20-10-6-11(14)15-7-9(10)16-4-5-17(12(18)19)13(8-16)2-3-13/h6-7H,2-5,8H2,1H3,(H2,14,15)(H,18,19). The highest BCUT2D eigenvalue weighted by atomic mass is 16.5. The summed E-state index contributed by atoms with van der Waals surface area (Å²) in [5.74, 6) is 1.09. The molecule has 7 heteroatoms. The number of ether oxygens (including phenoxy) is 1. The van der Waals surface area contributed by atoms with Crippen LogP contribution in [-0.4, -0.2) is 53.4 Å². The van der Waals surface area contributed by atoms with E-state index in [-0.39, 0.29) is 5.54 Å². The van der Waals surface area contributed by atoms with Gasteiger partial charge in [-0.25, -0.2) is 9.78 Å². The molecule has 1 saturated heterocycles. The molecular formula is C13H18N4O3. The number of nitrogen functional groups attached to an aromatic ring is 1. The van der Waals surface area contributed by atoms with Gasteiger partial charge in [-0.3, -0.25) is 4.90 Å². The van der Waals surface area contributed by atoms with E-state index in [1.807, 2.05) is 0 Å². The van der Waals surface area contributed by atoms with Gasteiger partial charge in [0, 0.05) is 25.7 Å². The predicted octanol–water partition coefficient (Wildman–Crippen LogP) is 1.01. The number of carboxylic acid groups (broad SMARTS) is 1. The first-order valence-corrected chi connectivity index (χ1v) is 6.61. The summed E-state index contributed by atoms with van der Waals surface area (Å²) in [6.07, 6.45) is 2.70. The minimum atomic E-state index is -0.829.